The van der Waals surface area contributed by atoms with Crippen molar-refractivity contribution in [2.45, 2.75) is 59.4 Å². The highest BCUT2D eigenvalue weighted by Crippen LogP contribution is 2.18. The predicted molar refractivity (Wildman–Crippen MR) is 111 cm³/mol. The second kappa shape index (κ2) is 10.4. The van der Waals surface area contributed by atoms with Crippen LogP contribution in [0.3, 0.4) is 0 Å². The van der Waals surface area contributed by atoms with Crippen molar-refractivity contribution in [3.63, 3.8) is 0 Å². The first kappa shape index (κ1) is 21.4. The van der Waals surface area contributed by atoms with E-state index in [0.717, 1.165) is 36.0 Å². The summed E-state index contributed by atoms with van der Waals surface area (Å²) in [4.78, 5) is 0. The van der Waals surface area contributed by atoms with Gasteiger partial charge in [-0.25, -0.2) is 0 Å². The summed E-state index contributed by atoms with van der Waals surface area (Å²) < 4.78 is 0. The Labute approximate surface area is 163 Å². The molecule has 3 nitrogen and oxygen atoms in total. The van der Waals surface area contributed by atoms with E-state index >= 15 is 0 Å². The summed E-state index contributed by atoms with van der Waals surface area (Å²) in [6, 6.07) is 12.4. The van der Waals surface area contributed by atoms with Crippen LogP contribution in [0.1, 0.15) is 53.6 Å². The maximum absolute atomic E-state index is 9.91. The molecule has 1 atom stereocenters. The second-order valence-electron chi connectivity index (χ2n) is 7.56. The average molecular weight is 369 g/mol. The normalized spacial score (nSPS) is 12.9. The molecule has 0 saturated heterocycles. The molecule has 0 amide bonds. The number of rotatable bonds is 9. The Kier molecular flexibility index (Phi) is 8.23. The van der Waals surface area contributed by atoms with Crippen LogP contribution in [0.4, 0.5) is 0 Å². The van der Waals surface area contributed by atoms with Gasteiger partial charge in [0.2, 0.25) is 0 Å². The van der Waals surface area contributed by atoms with Gasteiger partial charge in [-0.15, -0.1) is 0 Å². The van der Waals surface area contributed by atoms with Gasteiger partial charge < -0.3 is 15.3 Å². The summed E-state index contributed by atoms with van der Waals surface area (Å²) in [5.74, 6) is 0.221. The average Bonchev–Trinajstić information content (AvgIpc) is 2.66. The van der Waals surface area contributed by atoms with Crippen molar-refractivity contribution in [1.29, 1.82) is 0 Å². The van der Waals surface area contributed by atoms with Gasteiger partial charge in [-0.2, -0.15) is 0 Å². The number of hydrogen-bond acceptors (Lipinski definition) is 3. The maximum atomic E-state index is 9.91. The third-order valence-corrected chi connectivity index (χ3v) is 5.03. The lowest BCUT2D eigenvalue weighted by atomic mass is 9.97. The third-order valence-electron chi connectivity index (χ3n) is 5.03. The maximum Gasteiger partial charge on any atom is 0.0747 e. The molecule has 2 aromatic carbocycles. The molecule has 0 saturated carbocycles. The minimum absolute atomic E-state index is 0.0373. The minimum atomic E-state index is -0.412. The quantitative estimate of drug-likeness (QED) is 0.622. The number of benzene rings is 2. The molecule has 2 rings (SSSR count). The zero-order valence-electron chi connectivity index (χ0n) is 16.7. The van der Waals surface area contributed by atoms with Crippen molar-refractivity contribution < 1.29 is 15.3 Å². The molecule has 27 heavy (non-hydrogen) atoms. The van der Waals surface area contributed by atoms with Gasteiger partial charge in [-0.1, -0.05) is 62.4 Å². The summed E-state index contributed by atoms with van der Waals surface area (Å²) in [5, 5.41) is 28.6. The lowest BCUT2D eigenvalue weighted by molar-refractivity contribution is 0.173. The number of aryl methyl sites for hydroxylation is 3. The van der Waals surface area contributed by atoms with Crippen LogP contribution in [-0.2, 0) is 26.1 Å². The van der Waals surface area contributed by atoms with Crippen LogP contribution in [0.5, 0.6) is 0 Å². The van der Waals surface area contributed by atoms with Crippen LogP contribution >= 0.6 is 0 Å². The summed E-state index contributed by atoms with van der Waals surface area (Å²) in [7, 11) is 0. The van der Waals surface area contributed by atoms with Crippen LogP contribution in [0.25, 0.3) is 6.08 Å². The fourth-order valence-electron chi connectivity index (χ4n) is 3.14. The highest BCUT2D eigenvalue weighted by molar-refractivity contribution is 5.54. The number of aliphatic hydroxyl groups excluding tert-OH is 3. The van der Waals surface area contributed by atoms with Gasteiger partial charge in [0.25, 0.3) is 0 Å². The molecular weight excluding hydrogens is 336 g/mol. The summed E-state index contributed by atoms with van der Waals surface area (Å²) in [5.41, 5.74) is 6.47. The Morgan fingerprint density at radius 1 is 0.889 bits per heavy atom. The van der Waals surface area contributed by atoms with Crippen molar-refractivity contribution in [3.8, 4) is 0 Å². The molecule has 0 radical (unpaired) electrons. The van der Waals surface area contributed by atoms with E-state index in [9.17, 15) is 15.3 Å². The van der Waals surface area contributed by atoms with Crippen molar-refractivity contribution in [2.24, 2.45) is 5.92 Å². The van der Waals surface area contributed by atoms with Gasteiger partial charge in [0.05, 0.1) is 19.3 Å². The molecule has 0 heterocycles. The van der Waals surface area contributed by atoms with Gasteiger partial charge in [0, 0.05) is 0 Å². The predicted octanol–water partition coefficient (Wildman–Crippen LogP) is 4.19. The highest BCUT2D eigenvalue weighted by atomic mass is 16.3. The van der Waals surface area contributed by atoms with Gasteiger partial charge in [-0.3, -0.25) is 0 Å². The van der Waals surface area contributed by atoms with E-state index in [-0.39, 0.29) is 19.1 Å². The van der Waals surface area contributed by atoms with Crippen molar-refractivity contribution in [3.05, 3.63) is 75.9 Å². The van der Waals surface area contributed by atoms with Crippen molar-refractivity contribution in [1.82, 2.24) is 0 Å². The molecule has 0 bridgehead atoms. The van der Waals surface area contributed by atoms with Crippen LogP contribution in [0.15, 0.2) is 42.5 Å². The Morgan fingerprint density at radius 3 is 2.11 bits per heavy atom. The largest absolute Gasteiger partial charge is 0.392 e. The molecule has 0 aliphatic heterocycles. The highest BCUT2D eigenvalue weighted by Gasteiger charge is 2.06. The summed E-state index contributed by atoms with van der Waals surface area (Å²) in [6.45, 7) is 6.04. The first-order valence-electron chi connectivity index (χ1n) is 9.72. The Hall–Kier alpha value is -1.94. The number of aliphatic hydroxyl groups is 3. The summed E-state index contributed by atoms with van der Waals surface area (Å²) in [6.07, 6.45) is 6.43. The monoisotopic (exact) mass is 368 g/mol. The third kappa shape index (κ3) is 6.31. The van der Waals surface area contributed by atoms with E-state index in [1.807, 2.05) is 44.2 Å². The van der Waals surface area contributed by atoms with Gasteiger partial charge in [-0.05, 0) is 65.5 Å². The molecule has 3 N–H and O–H groups in total. The fraction of sp³-hybridized carbons (Fsp3) is 0.417. The van der Waals surface area contributed by atoms with Gasteiger partial charge in [0.15, 0.2) is 0 Å². The lowest BCUT2D eigenvalue weighted by Crippen LogP contribution is -2.10. The van der Waals surface area contributed by atoms with E-state index in [0.29, 0.717) is 0 Å². The Bertz CT molecular complexity index is 762. The molecule has 146 valence electrons. The summed E-state index contributed by atoms with van der Waals surface area (Å²) >= 11 is 0. The molecule has 0 aromatic heterocycles. The smallest absolute Gasteiger partial charge is 0.0747 e. The molecular formula is C24H32O3. The van der Waals surface area contributed by atoms with E-state index in [2.05, 4.69) is 25.1 Å². The first-order chi connectivity index (χ1) is 12.9. The first-order valence-corrected chi connectivity index (χ1v) is 9.72. The lowest BCUT2D eigenvalue weighted by Gasteiger charge is -2.10. The van der Waals surface area contributed by atoms with Crippen LogP contribution in [0, 0.1) is 12.8 Å². The van der Waals surface area contributed by atoms with E-state index in [1.165, 1.54) is 16.7 Å². The molecule has 1 unspecified atom stereocenters. The number of hydrogen-bond donors (Lipinski definition) is 3. The second-order valence-corrected chi connectivity index (χ2v) is 7.56. The van der Waals surface area contributed by atoms with E-state index in [1.54, 1.807) is 0 Å². The molecule has 3 heteroatoms. The van der Waals surface area contributed by atoms with E-state index < -0.39 is 6.10 Å². The fourth-order valence-corrected chi connectivity index (χ4v) is 3.14. The standard InChI is InChI=1S/C24H32O3/c1-17(2)24(27)12-11-21-9-7-19(13-18(21)3)5-4-6-20-8-10-22(15-25)23(14-20)16-26/h7-14,17,24-27H,4-6,15-16H2,1-3H3/b12-11+. The molecule has 0 fully saturated rings. The Balaban J connectivity index is 1.94. The molecule has 0 aliphatic carbocycles. The molecule has 2 aromatic rings. The zero-order chi connectivity index (χ0) is 19.8. The minimum Gasteiger partial charge on any atom is -0.392 e. The SMILES string of the molecule is Cc1cc(CCCc2ccc(CO)c(CO)c2)ccc1/C=C/C(O)C(C)C. The van der Waals surface area contributed by atoms with Gasteiger partial charge >= 0.3 is 0 Å². The van der Waals surface area contributed by atoms with Crippen molar-refractivity contribution in [2.75, 3.05) is 0 Å². The van der Waals surface area contributed by atoms with E-state index in [4.69, 9.17) is 0 Å². The molecule has 0 aliphatic rings. The van der Waals surface area contributed by atoms with Crippen LogP contribution < -0.4 is 0 Å². The zero-order valence-corrected chi connectivity index (χ0v) is 16.7. The Morgan fingerprint density at radius 2 is 1.52 bits per heavy atom. The van der Waals surface area contributed by atoms with Crippen LogP contribution in [-0.4, -0.2) is 21.4 Å². The topological polar surface area (TPSA) is 60.7 Å². The van der Waals surface area contributed by atoms with Gasteiger partial charge in [0.1, 0.15) is 0 Å². The molecule has 0 spiro atoms. The van der Waals surface area contributed by atoms with Crippen molar-refractivity contribution >= 4 is 6.08 Å². The van der Waals surface area contributed by atoms with Crippen LogP contribution in [0.2, 0.25) is 0 Å².